The minimum atomic E-state index is 0.713. The van der Waals surface area contributed by atoms with Crippen molar-refractivity contribution in [1.82, 2.24) is 20.1 Å². The summed E-state index contributed by atoms with van der Waals surface area (Å²) >= 11 is 0. The summed E-state index contributed by atoms with van der Waals surface area (Å²) in [4.78, 5) is 4.33. The average molecular weight is 256 g/mol. The summed E-state index contributed by atoms with van der Waals surface area (Å²) in [6.07, 6.45) is 6.64. The lowest BCUT2D eigenvalue weighted by atomic mass is 10.1. The number of aryl methyl sites for hydroxylation is 2. The van der Waals surface area contributed by atoms with E-state index in [9.17, 15) is 0 Å². The standard InChI is InChI=1S/C15H20N4/c1-2-5-13(6-3-1)7-4-10-19-12-17-15(18-19)11-16-14-8-9-14/h1-3,5-6,12,14,16H,4,7-11H2. The fourth-order valence-corrected chi connectivity index (χ4v) is 2.13. The molecule has 3 rings (SSSR count). The summed E-state index contributed by atoms with van der Waals surface area (Å²) in [5.41, 5.74) is 1.39. The third-order valence-corrected chi connectivity index (χ3v) is 3.41. The van der Waals surface area contributed by atoms with Gasteiger partial charge in [-0.1, -0.05) is 30.3 Å². The highest BCUT2D eigenvalue weighted by atomic mass is 15.3. The summed E-state index contributed by atoms with van der Waals surface area (Å²) in [7, 11) is 0. The second kappa shape index (κ2) is 5.97. The maximum absolute atomic E-state index is 4.48. The molecule has 0 atom stereocenters. The van der Waals surface area contributed by atoms with Gasteiger partial charge in [-0.05, 0) is 31.2 Å². The van der Waals surface area contributed by atoms with E-state index in [1.807, 2.05) is 11.0 Å². The lowest BCUT2D eigenvalue weighted by Gasteiger charge is -2.01. The molecule has 1 aliphatic rings. The molecule has 0 radical (unpaired) electrons. The van der Waals surface area contributed by atoms with E-state index in [1.165, 1.54) is 18.4 Å². The predicted octanol–water partition coefficient (Wildman–Crippen LogP) is 2.16. The number of aromatic nitrogens is 3. The first kappa shape index (κ1) is 12.4. The van der Waals surface area contributed by atoms with Crippen molar-refractivity contribution in [1.29, 1.82) is 0 Å². The number of rotatable bonds is 7. The first-order chi connectivity index (χ1) is 9.40. The molecule has 0 bridgehead atoms. The highest BCUT2D eigenvalue weighted by Gasteiger charge is 2.20. The molecule has 1 heterocycles. The molecule has 1 aromatic heterocycles. The van der Waals surface area contributed by atoms with Gasteiger partial charge in [0.25, 0.3) is 0 Å². The molecule has 4 heteroatoms. The van der Waals surface area contributed by atoms with Crippen molar-refractivity contribution in [3.8, 4) is 0 Å². The van der Waals surface area contributed by atoms with Gasteiger partial charge in [-0.15, -0.1) is 0 Å². The Kier molecular flexibility index (Phi) is 3.89. The number of hydrogen-bond donors (Lipinski definition) is 1. The molecule has 1 N–H and O–H groups in total. The van der Waals surface area contributed by atoms with Gasteiger partial charge in [0.05, 0.1) is 6.54 Å². The van der Waals surface area contributed by atoms with Crippen LogP contribution in [0.15, 0.2) is 36.7 Å². The predicted molar refractivity (Wildman–Crippen MR) is 74.6 cm³/mol. The SMILES string of the molecule is c1ccc(CCCn2cnc(CNC3CC3)n2)cc1. The van der Waals surface area contributed by atoms with Gasteiger partial charge in [-0.3, -0.25) is 4.68 Å². The Labute approximate surface area is 113 Å². The molecular formula is C15H20N4. The van der Waals surface area contributed by atoms with Crippen molar-refractivity contribution in [3.63, 3.8) is 0 Å². The van der Waals surface area contributed by atoms with Gasteiger partial charge in [0.1, 0.15) is 6.33 Å². The van der Waals surface area contributed by atoms with Crippen molar-refractivity contribution in [2.24, 2.45) is 0 Å². The summed E-state index contributed by atoms with van der Waals surface area (Å²) < 4.78 is 1.95. The van der Waals surface area contributed by atoms with Gasteiger partial charge in [0.15, 0.2) is 5.82 Å². The van der Waals surface area contributed by atoms with Crippen LogP contribution < -0.4 is 5.32 Å². The van der Waals surface area contributed by atoms with E-state index >= 15 is 0 Å². The highest BCUT2D eigenvalue weighted by molar-refractivity contribution is 5.14. The largest absolute Gasteiger partial charge is 0.307 e. The molecule has 0 saturated heterocycles. The maximum Gasteiger partial charge on any atom is 0.164 e. The van der Waals surface area contributed by atoms with Gasteiger partial charge >= 0.3 is 0 Å². The molecule has 1 saturated carbocycles. The maximum atomic E-state index is 4.48. The zero-order valence-electron chi connectivity index (χ0n) is 11.1. The third kappa shape index (κ3) is 3.89. The molecule has 4 nitrogen and oxygen atoms in total. The van der Waals surface area contributed by atoms with Crippen LogP contribution >= 0.6 is 0 Å². The van der Waals surface area contributed by atoms with Crippen LogP contribution in [0.2, 0.25) is 0 Å². The normalized spacial score (nSPS) is 14.7. The summed E-state index contributed by atoms with van der Waals surface area (Å²) in [5.74, 6) is 0.909. The summed E-state index contributed by atoms with van der Waals surface area (Å²) in [5, 5.41) is 7.91. The fourth-order valence-electron chi connectivity index (χ4n) is 2.13. The van der Waals surface area contributed by atoms with Gasteiger partial charge in [-0.2, -0.15) is 5.10 Å². The van der Waals surface area contributed by atoms with E-state index < -0.39 is 0 Å². The molecule has 0 spiro atoms. The van der Waals surface area contributed by atoms with Crippen LogP contribution in [0.3, 0.4) is 0 Å². The Balaban J connectivity index is 1.42. The number of nitrogens with zero attached hydrogens (tertiary/aromatic N) is 3. The van der Waals surface area contributed by atoms with E-state index in [4.69, 9.17) is 0 Å². The second-order valence-corrected chi connectivity index (χ2v) is 5.17. The van der Waals surface area contributed by atoms with Crippen molar-refractivity contribution < 1.29 is 0 Å². The quantitative estimate of drug-likeness (QED) is 0.825. The van der Waals surface area contributed by atoms with Crippen molar-refractivity contribution in [2.75, 3.05) is 0 Å². The monoisotopic (exact) mass is 256 g/mol. The minimum Gasteiger partial charge on any atom is -0.307 e. The zero-order valence-corrected chi connectivity index (χ0v) is 11.1. The first-order valence-electron chi connectivity index (χ1n) is 7.06. The Hall–Kier alpha value is -1.68. The van der Waals surface area contributed by atoms with Crippen molar-refractivity contribution in [3.05, 3.63) is 48.0 Å². The van der Waals surface area contributed by atoms with Crippen LogP contribution in [0.4, 0.5) is 0 Å². The molecule has 1 aromatic carbocycles. The number of hydrogen-bond acceptors (Lipinski definition) is 3. The molecule has 0 amide bonds. The van der Waals surface area contributed by atoms with Gasteiger partial charge in [-0.25, -0.2) is 4.98 Å². The molecular weight excluding hydrogens is 236 g/mol. The summed E-state index contributed by atoms with van der Waals surface area (Å²) in [6.45, 7) is 1.74. The second-order valence-electron chi connectivity index (χ2n) is 5.17. The Morgan fingerprint density at radius 1 is 1.21 bits per heavy atom. The van der Waals surface area contributed by atoms with E-state index in [0.29, 0.717) is 6.04 Å². The van der Waals surface area contributed by atoms with E-state index in [0.717, 1.165) is 31.8 Å². The van der Waals surface area contributed by atoms with Crippen molar-refractivity contribution >= 4 is 0 Å². The zero-order chi connectivity index (χ0) is 12.9. The van der Waals surface area contributed by atoms with Gasteiger partial charge < -0.3 is 5.32 Å². The Morgan fingerprint density at radius 2 is 2.05 bits per heavy atom. The molecule has 2 aromatic rings. The topological polar surface area (TPSA) is 42.7 Å². The third-order valence-electron chi connectivity index (χ3n) is 3.41. The van der Waals surface area contributed by atoms with Crippen LogP contribution in [-0.2, 0) is 19.5 Å². The van der Waals surface area contributed by atoms with Gasteiger partial charge in [0.2, 0.25) is 0 Å². The summed E-state index contributed by atoms with van der Waals surface area (Å²) in [6, 6.07) is 11.3. The van der Waals surface area contributed by atoms with E-state index in [-0.39, 0.29) is 0 Å². The van der Waals surface area contributed by atoms with E-state index in [1.54, 1.807) is 0 Å². The van der Waals surface area contributed by atoms with Crippen LogP contribution in [0.25, 0.3) is 0 Å². The minimum absolute atomic E-state index is 0.713. The average Bonchev–Trinajstić information content (AvgIpc) is 3.17. The molecule has 0 unspecified atom stereocenters. The lowest BCUT2D eigenvalue weighted by molar-refractivity contribution is 0.563. The van der Waals surface area contributed by atoms with Crippen LogP contribution in [0, 0.1) is 0 Å². The molecule has 100 valence electrons. The fraction of sp³-hybridized carbons (Fsp3) is 0.467. The molecule has 19 heavy (non-hydrogen) atoms. The van der Waals surface area contributed by atoms with Crippen LogP contribution in [0.5, 0.6) is 0 Å². The number of benzene rings is 1. The van der Waals surface area contributed by atoms with Crippen LogP contribution in [-0.4, -0.2) is 20.8 Å². The first-order valence-corrected chi connectivity index (χ1v) is 7.06. The molecule has 0 aliphatic heterocycles. The molecule has 1 aliphatic carbocycles. The van der Waals surface area contributed by atoms with E-state index in [2.05, 4.69) is 45.7 Å². The van der Waals surface area contributed by atoms with Crippen molar-refractivity contribution in [2.45, 2.75) is 44.8 Å². The lowest BCUT2D eigenvalue weighted by Crippen LogP contribution is -2.16. The smallest absolute Gasteiger partial charge is 0.164 e. The van der Waals surface area contributed by atoms with Gasteiger partial charge in [0, 0.05) is 12.6 Å². The molecule has 1 fully saturated rings. The Morgan fingerprint density at radius 3 is 2.84 bits per heavy atom. The Bertz CT molecular complexity index is 502. The highest BCUT2D eigenvalue weighted by Crippen LogP contribution is 2.18. The van der Waals surface area contributed by atoms with Crippen LogP contribution in [0.1, 0.15) is 30.7 Å². The number of nitrogens with one attached hydrogen (secondary N) is 1.